The van der Waals surface area contributed by atoms with Crippen LogP contribution in [-0.4, -0.2) is 22.8 Å². The first-order valence-electron chi connectivity index (χ1n) is 6.66. The Morgan fingerprint density at radius 3 is 2.77 bits per heavy atom. The first-order chi connectivity index (χ1) is 10.5. The van der Waals surface area contributed by atoms with Crippen molar-refractivity contribution in [2.75, 3.05) is 7.05 Å². The maximum atomic E-state index is 12.5. The van der Waals surface area contributed by atoms with Gasteiger partial charge in [-0.3, -0.25) is 9.59 Å². The normalized spacial score (nSPS) is 10.8. The van der Waals surface area contributed by atoms with Crippen LogP contribution in [0.4, 0.5) is 0 Å². The van der Waals surface area contributed by atoms with E-state index in [0.717, 1.165) is 10.3 Å². The van der Waals surface area contributed by atoms with Crippen LogP contribution < -0.4 is 5.56 Å². The molecule has 0 aliphatic carbocycles. The van der Waals surface area contributed by atoms with Crippen molar-refractivity contribution in [2.45, 2.75) is 6.54 Å². The Morgan fingerprint density at radius 1 is 1.27 bits per heavy atom. The zero-order valence-electron chi connectivity index (χ0n) is 11.8. The number of thiophene rings is 1. The molecule has 3 aromatic rings. The fourth-order valence-corrected chi connectivity index (χ4v) is 3.42. The zero-order valence-corrected chi connectivity index (χ0v) is 13.4. The lowest BCUT2D eigenvalue weighted by atomic mass is 10.1. The molecular formula is C16H13ClN2O2S. The van der Waals surface area contributed by atoms with E-state index in [9.17, 15) is 9.59 Å². The molecule has 0 radical (unpaired) electrons. The van der Waals surface area contributed by atoms with Crippen LogP contribution in [0.5, 0.6) is 0 Å². The highest BCUT2D eigenvalue weighted by Gasteiger charge is 2.15. The molecule has 0 aliphatic heterocycles. The highest BCUT2D eigenvalue weighted by atomic mass is 35.5. The Bertz CT molecular complexity index is 900. The van der Waals surface area contributed by atoms with Gasteiger partial charge in [0.05, 0.1) is 10.9 Å². The summed E-state index contributed by atoms with van der Waals surface area (Å²) >= 11 is 7.33. The minimum atomic E-state index is -0.256. The monoisotopic (exact) mass is 332 g/mol. The first-order valence-corrected chi connectivity index (χ1v) is 7.86. The van der Waals surface area contributed by atoms with E-state index in [0.29, 0.717) is 16.3 Å². The molecule has 22 heavy (non-hydrogen) atoms. The van der Waals surface area contributed by atoms with Gasteiger partial charge in [-0.05, 0) is 29.7 Å². The molecule has 1 amide bonds. The van der Waals surface area contributed by atoms with Crippen molar-refractivity contribution in [1.29, 1.82) is 0 Å². The summed E-state index contributed by atoms with van der Waals surface area (Å²) in [6.45, 7) is 0.449. The summed E-state index contributed by atoms with van der Waals surface area (Å²) in [6.07, 6.45) is 0. The van der Waals surface area contributed by atoms with Crippen molar-refractivity contribution in [2.24, 2.45) is 0 Å². The van der Waals surface area contributed by atoms with Crippen LogP contribution in [0.15, 0.2) is 47.3 Å². The van der Waals surface area contributed by atoms with Crippen LogP contribution in [0.1, 0.15) is 15.4 Å². The van der Waals surface area contributed by atoms with Crippen molar-refractivity contribution in [3.05, 3.63) is 67.7 Å². The standard InChI is InChI=1S/C16H13ClN2O2S/c1-19(9-11-6-7-14(17)22-11)16(21)13-8-10-4-2-3-5-12(10)15(20)18-13/h2-8H,9H2,1H3,(H,18,20). The summed E-state index contributed by atoms with van der Waals surface area (Å²) in [4.78, 5) is 29.7. The number of nitrogens with one attached hydrogen (secondary N) is 1. The molecule has 1 N–H and O–H groups in total. The van der Waals surface area contributed by atoms with E-state index in [2.05, 4.69) is 4.98 Å². The highest BCUT2D eigenvalue weighted by molar-refractivity contribution is 7.16. The molecule has 3 rings (SSSR count). The lowest BCUT2D eigenvalue weighted by Crippen LogP contribution is -2.28. The molecule has 0 unspecified atom stereocenters. The largest absolute Gasteiger partial charge is 0.335 e. The molecule has 4 nitrogen and oxygen atoms in total. The third-order valence-electron chi connectivity index (χ3n) is 3.35. The fourth-order valence-electron chi connectivity index (χ4n) is 2.27. The molecule has 1 aromatic carbocycles. The summed E-state index contributed by atoms with van der Waals surface area (Å²) in [6, 6.07) is 12.6. The molecule has 0 saturated carbocycles. The lowest BCUT2D eigenvalue weighted by molar-refractivity contribution is 0.0780. The number of fused-ring (bicyclic) bond motifs is 1. The first kappa shape index (κ1) is 14.8. The van der Waals surface area contributed by atoms with E-state index < -0.39 is 0 Å². The highest BCUT2D eigenvalue weighted by Crippen LogP contribution is 2.22. The van der Waals surface area contributed by atoms with Gasteiger partial charge in [0.25, 0.3) is 11.5 Å². The summed E-state index contributed by atoms with van der Waals surface area (Å²) in [7, 11) is 1.70. The predicted octanol–water partition coefficient (Wildman–Crippen LogP) is 3.52. The topological polar surface area (TPSA) is 53.2 Å². The quantitative estimate of drug-likeness (QED) is 0.798. The summed E-state index contributed by atoms with van der Waals surface area (Å²) in [5.41, 5.74) is 0.0304. The average molecular weight is 333 g/mol. The second kappa shape index (κ2) is 5.94. The third kappa shape index (κ3) is 2.91. The van der Waals surface area contributed by atoms with E-state index in [1.165, 1.54) is 11.3 Å². The predicted molar refractivity (Wildman–Crippen MR) is 89.7 cm³/mol. The van der Waals surface area contributed by atoms with Crippen LogP contribution in [-0.2, 0) is 6.54 Å². The van der Waals surface area contributed by atoms with Crippen LogP contribution in [0, 0.1) is 0 Å². The van der Waals surface area contributed by atoms with Gasteiger partial charge in [0.15, 0.2) is 0 Å². The number of hydrogen-bond acceptors (Lipinski definition) is 3. The molecule has 0 aliphatic rings. The second-order valence-corrected chi connectivity index (χ2v) is 6.77. The van der Waals surface area contributed by atoms with Gasteiger partial charge in [0.1, 0.15) is 5.69 Å². The van der Waals surface area contributed by atoms with E-state index in [-0.39, 0.29) is 17.2 Å². The van der Waals surface area contributed by atoms with E-state index in [1.54, 1.807) is 36.2 Å². The minimum Gasteiger partial charge on any atom is -0.335 e. The van der Waals surface area contributed by atoms with Crippen molar-refractivity contribution in [3.63, 3.8) is 0 Å². The number of halogens is 1. The molecule has 2 heterocycles. The number of pyridine rings is 1. The number of H-pyrrole nitrogens is 1. The minimum absolute atomic E-state index is 0.229. The molecule has 0 saturated heterocycles. The van der Waals surface area contributed by atoms with Gasteiger partial charge in [-0.25, -0.2) is 0 Å². The van der Waals surface area contributed by atoms with Crippen molar-refractivity contribution >= 4 is 39.6 Å². The number of rotatable bonds is 3. The third-order valence-corrected chi connectivity index (χ3v) is 4.57. The molecule has 0 fully saturated rings. The Labute approximate surface area is 136 Å². The number of carbonyl (C=O) groups excluding carboxylic acids is 1. The number of amides is 1. The van der Waals surface area contributed by atoms with E-state index >= 15 is 0 Å². The molecular weight excluding hydrogens is 320 g/mol. The van der Waals surface area contributed by atoms with E-state index in [1.807, 2.05) is 18.2 Å². The summed E-state index contributed by atoms with van der Waals surface area (Å²) in [5, 5.41) is 1.33. The Kier molecular flexibility index (Phi) is 4.00. The molecule has 0 bridgehead atoms. The van der Waals surface area contributed by atoms with Crippen LogP contribution >= 0.6 is 22.9 Å². The SMILES string of the molecule is CN(Cc1ccc(Cl)s1)C(=O)c1cc2ccccc2c(=O)[nH]1. The van der Waals surface area contributed by atoms with Crippen LogP contribution in [0.3, 0.4) is 0 Å². The Morgan fingerprint density at radius 2 is 2.05 bits per heavy atom. The molecule has 0 atom stereocenters. The molecule has 112 valence electrons. The number of aromatic nitrogens is 1. The van der Waals surface area contributed by atoms with Crippen LogP contribution in [0.2, 0.25) is 4.34 Å². The van der Waals surface area contributed by atoms with Gasteiger partial charge in [-0.1, -0.05) is 29.8 Å². The van der Waals surface area contributed by atoms with Crippen LogP contribution in [0.25, 0.3) is 10.8 Å². The maximum Gasteiger partial charge on any atom is 0.270 e. The maximum absolute atomic E-state index is 12.5. The van der Waals surface area contributed by atoms with Gasteiger partial charge in [0, 0.05) is 17.3 Å². The fraction of sp³-hybridized carbons (Fsp3) is 0.125. The number of benzene rings is 1. The Balaban J connectivity index is 1.89. The molecule has 6 heteroatoms. The van der Waals surface area contributed by atoms with Gasteiger partial charge >= 0.3 is 0 Å². The van der Waals surface area contributed by atoms with Gasteiger partial charge in [-0.2, -0.15) is 0 Å². The number of carbonyl (C=O) groups is 1. The Hall–Kier alpha value is -2.11. The zero-order chi connectivity index (χ0) is 15.7. The lowest BCUT2D eigenvalue weighted by Gasteiger charge is -2.16. The van der Waals surface area contributed by atoms with Gasteiger partial charge < -0.3 is 9.88 Å². The van der Waals surface area contributed by atoms with Crippen molar-refractivity contribution < 1.29 is 4.79 Å². The number of aromatic amines is 1. The summed E-state index contributed by atoms with van der Waals surface area (Å²) < 4.78 is 0.690. The smallest absolute Gasteiger partial charge is 0.270 e. The second-order valence-electron chi connectivity index (χ2n) is 4.97. The van der Waals surface area contributed by atoms with Gasteiger partial charge in [0.2, 0.25) is 0 Å². The average Bonchev–Trinajstić information content (AvgIpc) is 2.91. The van der Waals surface area contributed by atoms with Crippen molar-refractivity contribution in [1.82, 2.24) is 9.88 Å². The number of hydrogen-bond donors (Lipinski definition) is 1. The number of nitrogens with zero attached hydrogens (tertiary/aromatic N) is 1. The van der Waals surface area contributed by atoms with Gasteiger partial charge in [-0.15, -0.1) is 11.3 Å². The van der Waals surface area contributed by atoms with E-state index in [4.69, 9.17) is 11.6 Å². The van der Waals surface area contributed by atoms with Crippen molar-refractivity contribution in [3.8, 4) is 0 Å². The summed E-state index contributed by atoms with van der Waals surface area (Å²) in [5.74, 6) is -0.229. The molecule has 2 aromatic heterocycles. The molecule has 0 spiro atoms.